The van der Waals surface area contributed by atoms with Crippen molar-refractivity contribution in [3.05, 3.63) is 29.8 Å². The van der Waals surface area contributed by atoms with E-state index in [0.717, 1.165) is 0 Å². The van der Waals surface area contributed by atoms with Crippen molar-refractivity contribution in [1.29, 1.82) is 0 Å². The van der Waals surface area contributed by atoms with Gasteiger partial charge in [-0.05, 0) is 30.5 Å². The number of phenols is 1. The summed E-state index contributed by atoms with van der Waals surface area (Å²) in [7, 11) is 0. The first-order valence-electron chi connectivity index (χ1n) is 11.6. The summed E-state index contributed by atoms with van der Waals surface area (Å²) in [6, 6.07) is -0.627. The Balaban J connectivity index is 3.04. The van der Waals surface area contributed by atoms with Crippen LogP contribution in [0.4, 0.5) is 0 Å². The van der Waals surface area contributed by atoms with Gasteiger partial charge in [0, 0.05) is 19.3 Å². The van der Waals surface area contributed by atoms with Gasteiger partial charge in [-0.15, -0.1) is 0 Å². The lowest BCUT2D eigenvalue weighted by molar-refractivity contribution is -0.142. The summed E-state index contributed by atoms with van der Waals surface area (Å²) >= 11 is 0. The zero-order valence-corrected chi connectivity index (χ0v) is 20.7. The number of primary amides is 1. The van der Waals surface area contributed by atoms with Crippen molar-refractivity contribution in [3.63, 3.8) is 0 Å². The fraction of sp³-hybridized carbons (Fsp3) is 0.435. The zero-order valence-electron chi connectivity index (χ0n) is 20.7. The van der Waals surface area contributed by atoms with Gasteiger partial charge in [0.15, 0.2) is 0 Å². The molecule has 0 aliphatic carbocycles. The molecule has 39 heavy (non-hydrogen) atoms. The van der Waals surface area contributed by atoms with E-state index in [2.05, 4.69) is 16.0 Å². The molecule has 11 N–H and O–H groups in total. The maximum Gasteiger partial charge on any atom is 0.326 e. The number of carbonyl (C=O) groups excluding carboxylic acids is 4. The van der Waals surface area contributed by atoms with Crippen LogP contribution in [0.5, 0.6) is 5.75 Å². The summed E-state index contributed by atoms with van der Waals surface area (Å²) in [4.78, 5) is 83.1. The van der Waals surface area contributed by atoms with Crippen molar-refractivity contribution >= 4 is 41.5 Å². The first-order valence-corrected chi connectivity index (χ1v) is 11.6. The Morgan fingerprint density at radius 2 is 1.21 bits per heavy atom. The molecule has 16 heteroatoms. The Bertz CT molecular complexity index is 1080. The monoisotopic (exact) mass is 553 g/mol. The average molecular weight is 554 g/mol. The molecule has 0 saturated heterocycles. The number of carboxylic acids is 3. The van der Waals surface area contributed by atoms with Crippen LogP contribution in [-0.4, -0.2) is 86.1 Å². The molecule has 4 amide bonds. The summed E-state index contributed by atoms with van der Waals surface area (Å²) in [6.07, 6.45) is -2.76. The lowest BCUT2D eigenvalue weighted by Gasteiger charge is -2.24. The van der Waals surface area contributed by atoms with E-state index in [4.69, 9.17) is 21.7 Å². The van der Waals surface area contributed by atoms with Crippen LogP contribution in [0.3, 0.4) is 0 Å². The van der Waals surface area contributed by atoms with Crippen LogP contribution in [0.2, 0.25) is 0 Å². The number of aromatic hydroxyl groups is 1. The largest absolute Gasteiger partial charge is 0.508 e. The second-order valence-electron chi connectivity index (χ2n) is 8.53. The van der Waals surface area contributed by atoms with Crippen molar-refractivity contribution < 1.29 is 54.0 Å². The third kappa shape index (κ3) is 12.4. The number of benzene rings is 1. The summed E-state index contributed by atoms with van der Waals surface area (Å²) < 4.78 is 0. The van der Waals surface area contributed by atoms with Gasteiger partial charge in [-0.2, -0.15) is 0 Å². The summed E-state index contributed by atoms with van der Waals surface area (Å²) in [5, 5.41) is 43.2. The van der Waals surface area contributed by atoms with Gasteiger partial charge in [0.05, 0.1) is 12.5 Å². The third-order valence-corrected chi connectivity index (χ3v) is 5.31. The fourth-order valence-electron chi connectivity index (χ4n) is 3.25. The van der Waals surface area contributed by atoms with Crippen molar-refractivity contribution in [2.45, 2.75) is 62.7 Å². The molecule has 0 bridgehead atoms. The lowest BCUT2D eigenvalue weighted by Crippen LogP contribution is -2.58. The number of amides is 4. The molecule has 0 spiro atoms. The predicted molar refractivity (Wildman–Crippen MR) is 131 cm³/mol. The molecular weight excluding hydrogens is 522 g/mol. The Labute approximate surface area is 221 Å². The topological polar surface area (TPSA) is 289 Å². The fourth-order valence-corrected chi connectivity index (χ4v) is 3.25. The molecule has 1 rings (SSSR count). The highest BCUT2D eigenvalue weighted by Gasteiger charge is 2.31. The molecule has 1 aromatic rings. The normalized spacial score (nSPS) is 13.7. The second-order valence-corrected chi connectivity index (χ2v) is 8.53. The van der Waals surface area contributed by atoms with Gasteiger partial charge in [-0.1, -0.05) is 12.1 Å². The van der Waals surface area contributed by atoms with Gasteiger partial charge in [0.2, 0.25) is 23.6 Å². The Morgan fingerprint density at radius 3 is 1.72 bits per heavy atom. The predicted octanol–water partition coefficient (Wildman–Crippen LogP) is -2.59. The molecule has 0 radical (unpaired) electrons. The van der Waals surface area contributed by atoms with Crippen molar-refractivity contribution in [3.8, 4) is 5.75 Å². The van der Waals surface area contributed by atoms with Crippen LogP contribution in [0.25, 0.3) is 0 Å². The third-order valence-electron chi connectivity index (χ3n) is 5.31. The standard InChI is InChI=1S/C23H31N5O11/c24-13(5-7-18(31)32)20(35)26-14(6-8-19(33)34)21(36)27-15(10-17(25)30)22(37)28-16(23(38)39)9-11-1-3-12(29)4-2-11/h1-4,13-16,29H,5-10,24H2,(H2,25,30)(H,26,35)(H,27,36)(H,28,37)(H,31,32)(H,33,34)(H,38,39). The zero-order chi connectivity index (χ0) is 29.7. The number of rotatable bonds is 17. The van der Waals surface area contributed by atoms with E-state index in [-0.39, 0.29) is 18.6 Å². The van der Waals surface area contributed by atoms with Gasteiger partial charge in [0.1, 0.15) is 23.9 Å². The number of carboxylic acid groups (broad SMARTS) is 3. The molecule has 0 aromatic heterocycles. The van der Waals surface area contributed by atoms with Gasteiger partial charge < -0.3 is 47.8 Å². The molecule has 1 aromatic carbocycles. The van der Waals surface area contributed by atoms with Crippen LogP contribution < -0.4 is 27.4 Å². The van der Waals surface area contributed by atoms with Crippen LogP contribution in [-0.2, 0) is 40.0 Å². The molecule has 0 saturated carbocycles. The van der Waals surface area contributed by atoms with Crippen LogP contribution in [0.15, 0.2) is 24.3 Å². The second kappa shape index (κ2) is 15.5. The minimum atomic E-state index is -1.69. The van der Waals surface area contributed by atoms with E-state index < -0.39 is 91.4 Å². The van der Waals surface area contributed by atoms with E-state index in [1.54, 1.807) is 0 Å². The molecule has 0 aliphatic rings. The highest BCUT2D eigenvalue weighted by atomic mass is 16.4. The number of hydrogen-bond acceptors (Lipinski definition) is 9. The summed E-state index contributed by atoms with van der Waals surface area (Å²) in [5.41, 5.74) is 11.2. The average Bonchev–Trinajstić information content (AvgIpc) is 2.84. The van der Waals surface area contributed by atoms with Gasteiger partial charge in [-0.25, -0.2) is 4.79 Å². The molecule has 4 atom stereocenters. The molecule has 0 fully saturated rings. The summed E-state index contributed by atoms with van der Waals surface area (Å²) in [5.74, 6) is -8.24. The van der Waals surface area contributed by atoms with E-state index in [1.165, 1.54) is 24.3 Å². The maximum absolute atomic E-state index is 12.9. The quantitative estimate of drug-likeness (QED) is 0.0960. The van der Waals surface area contributed by atoms with E-state index in [0.29, 0.717) is 5.56 Å². The number of carbonyl (C=O) groups is 7. The SMILES string of the molecule is NC(=O)CC(NC(=O)C(CCC(=O)O)NC(=O)C(N)CCC(=O)O)C(=O)NC(Cc1ccc(O)cc1)C(=O)O. The summed E-state index contributed by atoms with van der Waals surface area (Å²) in [6.45, 7) is 0. The lowest BCUT2D eigenvalue weighted by atomic mass is 10.0. The van der Waals surface area contributed by atoms with Crippen molar-refractivity contribution in [2.24, 2.45) is 11.5 Å². The van der Waals surface area contributed by atoms with Crippen LogP contribution in [0, 0.1) is 0 Å². The minimum Gasteiger partial charge on any atom is -0.508 e. The van der Waals surface area contributed by atoms with Gasteiger partial charge in [0.25, 0.3) is 0 Å². The molecule has 16 nitrogen and oxygen atoms in total. The number of phenolic OH excluding ortho intramolecular Hbond substituents is 1. The number of aliphatic carboxylic acids is 3. The molecule has 0 aliphatic heterocycles. The maximum atomic E-state index is 12.9. The van der Waals surface area contributed by atoms with Crippen LogP contribution >= 0.6 is 0 Å². The Hall–Kier alpha value is -4.73. The molecule has 0 heterocycles. The first kappa shape index (κ1) is 32.3. The molecule has 214 valence electrons. The molecule has 4 unspecified atom stereocenters. The van der Waals surface area contributed by atoms with Crippen LogP contribution in [0.1, 0.15) is 37.7 Å². The van der Waals surface area contributed by atoms with E-state index in [1.807, 2.05) is 0 Å². The highest BCUT2D eigenvalue weighted by molar-refractivity contribution is 5.96. The van der Waals surface area contributed by atoms with E-state index in [9.17, 15) is 43.8 Å². The number of hydrogen-bond donors (Lipinski definition) is 9. The van der Waals surface area contributed by atoms with Gasteiger partial charge in [-0.3, -0.25) is 28.8 Å². The van der Waals surface area contributed by atoms with Gasteiger partial charge >= 0.3 is 17.9 Å². The van der Waals surface area contributed by atoms with Crippen molar-refractivity contribution in [2.75, 3.05) is 0 Å². The number of nitrogens with one attached hydrogen (secondary N) is 3. The molecular formula is C23H31N5O11. The Kier molecular flexibility index (Phi) is 12.8. The number of nitrogens with two attached hydrogens (primary N) is 2. The smallest absolute Gasteiger partial charge is 0.326 e. The highest BCUT2D eigenvalue weighted by Crippen LogP contribution is 2.12. The minimum absolute atomic E-state index is 0.0636. The van der Waals surface area contributed by atoms with Crippen molar-refractivity contribution in [1.82, 2.24) is 16.0 Å². The first-order chi connectivity index (χ1) is 18.2. The Morgan fingerprint density at radius 1 is 0.718 bits per heavy atom. The van der Waals surface area contributed by atoms with E-state index >= 15 is 0 Å².